The molecule has 0 fully saturated rings. The van der Waals surface area contributed by atoms with E-state index in [0.29, 0.717) is 11.3 Å². The van der Waals surface area contributed by atoms with Gasteiger partial charge in [0.05, 0.1) is 37.7 Å². The lowest BCUT2D eigenvalue weighted by atomic mass is 10.2. The van der Waals surface area contributed by atoms with E-state index in [1.165, 1.54) is 12.0 Å². The minimum atomic E-state index is -0.592. The average Bonchev–Trinajstić information content (AvgIpc) is 3.15. The Morgan fingerprint density at radius 3 is 3.09 bits per heavy atom. The number of fused-ring (bicyclic) bond motifs is 1. The van der Waals surface area contributed by atoms with Gasteiger partial charge in [-0.25, -0.2) is 4.79 Å². The Morgan fingerprint density at radius 1 is 1.52 bits per heavy atom. The maximum atomic E-state index is 12.4. The number of benzene rings is 1. The third-order valence-corrected chi connectivity index (χ3v) is 3.59. The average molecular weight is 317 g/mol. The van der Waals surface area contributed by atoms with Crippen molar-refractivity contribution in [2.45, 2.75) is 0 Å². The summed E-state index contributed by atoms with van der Waals surface area (Å²) in [5, 5.41) is 16.5. The van der Waals surface area contributed by atoms with Crippen LogP contribution in [-0.2, 0) is 14.3 Å². The number of hydrogen-bond donors (Lipinski definition) is 2. The second-order valence-electron chi connectivity index (χ2n) is 4.97. The van der Waals surface area contributed by atoms with Gasteiger partial charge in [0.25, 0.3) is 5.91 Å². The van der Waals surface area contributed by atoms with Gasteiger partial charge in [-0.3, -0.25) is 4.79 Å². The lowest BCUT2D eigenvalue weighted by molar-refractivity contribution is -0.136. The highest BCUT2D eigenvalue weighted by molar-refractivity contribution is 6.09. The zero-order valence-electron chi connectivity index (χ0n) is 12.4. The molecule has 23 heavy (non-hydrogen) atoms. The number of nitrogens with zero attached hydrogens (tertiary/aromatic N) is 2. The molecular formula is C15H15N3O5. The highest BCUT2D eigenvalue weighted by atomic mass is 16.5. The van der Waals surface area contributed by atoms with Crippen LogP contribution >= 0.6 is 0 Å². The van der Waals surface area contributed by atoms with E-state index in [-0.39, 0.29) is 36.9 Å². The van der Waals surface area contributed by atoms with Crippen LogP contribution in [0.15, 0.2) is 40.2 Å². The summed E-state index contributed by atoms with van der Waals surface area (Å²) in [5.74, 6) is -0.970. The Hall–Kier alpha value is -2.87. The van der Waals surface area contributed by atoms with Gasteiger partial charge in [0.2, 0.25) is 0 Å². The molecule has 1 aliphatic heterocycles. The van der Waals surface area contributed by atoms with Crippen molar-refractivity contribution < 1.29 is 24.0 Å². The second kappa shape index (κ2) is 6.09. The number of hydrogen-bond acceptors (Lipinski definition) is 7. The van der Waals surface area contributed by atoms with E-state index in [9.17, 15) is 9.59 Å². The van der Waals surface area contributed by atoms with Gasteiger partial charge >= 0.3 is 5.97 Å². The minimum Gasteiger partial charge on any atom is -0.466 e. The van der Waals surface area contributed by atoms with Crippen molar-refractivity contribution in [1.29, 1.82) is 0 Å². The predicted molar refractivity (Wildman–Crippen MR) is 80.3 cm³/mol. The molecule has 2 N–H and O–H groups in total. The number of amides is 1. The summed E-state index contributed by atoms with van der Waals surface area (Å²) in [6, 6.07) is 5.32. The molecule has 2 heterocycles. The van der Waals surface area contributed by atoms with Gasteiger partial charge in [-0.15, -0.1) is 0 Å². The number of β-amino-alcohol motifs (C(OH)–C–C–N with tert-alkyl or cyclic N) is 1. The first-order valence-corrected chi connectivity index (χ1v) is 6.97. The zero-order chi connectivity index (χ0) is 16.4. The Labute approximate surface area is 131 Å². The maximum absolute atomic E-state index is 12.4. The van der Waals surface area contributed by atoms with Crippen molar-refractivity contribution in [1.82, 2.24) is 10.1 Å². The number of anilines is 1. The first-order valence-electron chi connectivity index (χ1n) is 6.97. The normalized spacial score (nSPS) is 14.7. The molecule has 0 unspecified atom stereocenters. The Bertz CT molecular complexity index is 795. The van der Waals surface area contributed by atoms with Crippen molar-refractivity contribution in [2.75, 3.05) is 32.1 Å². The first kappa shape index (κ1) is 15.0. The van der Waals surface area contributed by atoms with Crippen LogP contribution in [0.4, 0.5) is 5.69 Å². The number of aliphatic hydroxyl groups excluding tert-OH is 1. The van der Waals surface area contributed by atoms with E-state index >= 15 is 0 Å². The molecule has 3 rings (SSSR count). The molecule has 1 aromatic heterocycles. The van der Waals surface area contributed by atoms with Gasteiger partial charge in [0.1, 0.15) is 5.70 Å². The number of rotatable bonds is 5. The van der Waals surface area contributed by atoms with Crippen LogP contribution in [0.3, 0.4) is 0 Å². The van der Waals surface area contributed by atoms with Gasteiger partial charge < -0.3 is 24.6 Å². The number of aliphatic hydroxyl groups is 1. The van der Waals surface area contributed by atoms with Gasteiger partial charge in [0, 0.05) is 11.9 Å². The van der Waals surface area contributed by atoms with E-state index in [1.54, 1.807) is 18.3 Å². The van der Waals surface area contributed by atoms with Crippen LogP contribution < -0.4 is 5.32 Å². The Kier molecular flexibility index (Phi) is 3.98. The smallest absolute Gasteiger partial charge is 0.337 e. The van der Waals surface area contributed by atoms with E-state index in [4.69, 9.17) is 14.4 Å². The fourth-order valence-corrected chi connectivity index (χ4v) is 2.48. The molecule has 8 nitrogen and oxygen atoms in total. The minimum absolute atomic E-state index is 0.0841. The van der Waals surface area contributed by atoms with Crippen LogP contribution in [0, 0.1) is 0 Å². The van der Waals surface area contributed by atoms with E-state index in [1.807, 2.05) is 6.07 Å². The Morgan fingerprint density at radius 2 is 2.35 bits per heavy atom. The quantitative estimate of drug-likeness (QED) is 0.774. The number of carbonyl (C=O) groups is 2. The molecule has 1 amide bonds. The molecule has 0 spiro atoms. The van der Waals surface area contributed by atoms with Crippen molar-refractivity contribution in [3.63, 3.8) is 0 Å². The number of ether oxygens (including phenoxy) is 1. The summed E-state index contributed by atoms with van der Waals surface area (Å²) in [6.45, 7) is 0.0307. The van der Waals surface area contributed by atoms with Gasteiger partial charge in [-0.1, -0.05) is 11.2 Å². The largest absolute Gasteiger partial charge is 0.466 e. The number of esters is 1. The van der Waals surface area contributed by atoms with Crippen LogP contribution in [0.25, 0.3) is 11.0 Å². The standard InChI is InChI=1S/C15H15N3O5/c1-22-15(21)10-8-18(5-6-19)14(20)12(10)17-11-4-2-3-9-7-16-23-13(9)11/h2-4,7,17,19H,5-6,8H2,1H3. The molecule has 1 aromatic carbocycles. The molecule has 1 aliphatic rings. The van der Waals surface area contributed by atoms with Crippen molar-refractivity contribution in [3.05, 3.63) is 35.7 Å². The number of carbonyl (C=O) groups excluding carboxylic acids is 2. The summed E-state index contributed by atoms with van der Waals surface area (Å²) in [7, 11) is 1.25. The summed E-state index contributed by atoms with van der Waals surface area (Å²) >= 11 is 0. The highest BCUT2D eigenvalue weighted by Crippen LogP contribution is 2.27. The molecule has 0 radical (unpaired) electrons. The van der Waals surface area contributed by atoms with Crippen molar-refractivity contribution >= 4 is 28.5 Å². The zero-order valence-corrected chi connectivity index (χ0v) is 12.4. The molecule has 120 valence electrons. The van der Waals surface area contributed by atoms with Gasteiger partial charge in [-0.2, -0.15) is 0 Å². The third kappa shape index (κ3) is 2.64. The topological polar surface area (TPSA) is 105 Å². The lowest BCUT2D eigenvalue weighted by Gasteiger charge is -2.14. The van der Waals surface area contributed by atoms with Gasteiger partial charge in [-0.05, 0) is 12.1 Å². The number of aromatic nitrogens is 1. The summed E-state index contributed by atoms with van der Waals surface area (Å²) in [6.07, 6.45) is 1.56. The van der Waals surface area contributed by atoms with E-state index in [0.717, 1.165) is 5.39 Å². The maximum Gasteiger partial charge on any atom is 0.337 e. The first-order chi connectivity index (χ1) is 11.2. The molecular weight excluding hydrogens is 302 g/mol. The molecule has 0 aliphatic carbocycles. The van der Waals surface area contributed by atoms with Crippen molar-refractivity contribution in [3.8, 4) is 0 Å². The van der Waals surface area contributed by atoms with Crippen LogP contribution in [0.1, 0.15) is 0 Å². The molecule has 8 heteroatoms. The molecule has 0 saturated heterocycles. The summed E-state index contributed by atoms with van der Waals surface area (Å²) in [5.41, 5.74) is 1.34. The highest BCUT2D eigenvalue weighted by Gasteiger charge is 2.34. The Balaban J connectivity index is 1.98. The molecule has 0 bridgehead atoms. The fourth-order valence-electron chi connectivity index (χ4n) is 2.48. The number of para-hydroxylation sites is 1. The van der Waals surface area contributed by atoms with Crippen LogP contribution in [0.5, 0.6) is 0 Å². The number of methoxy groups -OCH3 is 1. The number of nitrogens with one attached hydrogen (secondary N) is 1. The predicted octanol–water partition coefficient (Wildman–Crippen LogP) is 0.501. The van der Waals surface area contributed by atoms with Crippen LogP contribution in [-0.4, -0.2) is 53.8 Å². The molecule has 2 aromatic rings. The second-order valence-corrected chi connectivity index (χ2v) is 4.97. The molecule has 0 saturated carbocycles. The van der Waals surface area contributed by atoms with E-state index in [2.05, 4.69) is 10.5 Å². The SMILES string of the molecule is COC(=O)C1=C(Nc2cccc3cnoc23)C(=O)N(CCO)C1. The van der Waals surface area contributed by atoms with Crippen LogP contribution in [0.2, 0.25) is 0 Å². The monoisotopic (exact) mass is 317 g/mol. The van der Waals surface area contributed by atoms with Gasteiger partial charge in [0.15, 0.2) is 5.58 Å². The van der Waals surface area contributed by atoms with E-state index < -0.39 is 5.97 Å². The summed E-state index contributed by atoms with van der Waals surface area (Å²) in [4.78, 5) is 25.7. The fraction of sp³-hybridized carbons (Fsp3) is 0.267. The third-order valence-electron chi connectivity index (χ3n) is 3.59. The lowest BCUT2D eigenvalue weighted by Crippen LogP contribution is -2.31. The van der Waals surface area contributed by atoms with Crippen molar-refractivity contribution in [2.24, 2.45) is 0 Å². The molecule has 0 atom stereocenters. The summed E-state index contributed by atoms with van der Waals surface area (Å²) < 4.78 is 9.91.